The van der Waals surface area contributed by atoms with Crippen LogP contribution in [0.3, 0.4) is 0 Å². The number of amides is 3. The van der Waals surface area contributed by atoms with E-state index in [-0.39, 0.29) is 24.3 Å². The molecule has 8 nitrogen and oxygen atoms in total. The number of piperazine rings is 1. The van der Waals surface area contributed by atoms with E-state index in [9.17, 15) is 9.59 Å². The molecule has 3 amide bonds. The second kappa shape index (κ2) is 12.5. The summed E-state index contributed by atoms with van der Waals surface area (Å²) >= 11 is 0. The number of anilines is 1. The number of imide groups is 1. The van der Waals surface area contributed by atoms with Gasteiger partial charge in [-0.2, -0.15) is 0 Å². The molecule has 0 aromatic heterocycles. The zero-order valence-electron chi connectivity index (χ0n) is 20.2. The van der Waals surface area contributed by atoms with Gasteiger partial charge in [0.2, 0.25) is 0 Å². The van der Waals surface area contributed by atoms with Crippen LogP contribution in [0.1, 0.15) is 18.9 Å². The number of benzene rings is 2. The van der Waals surface area contributed by atoms with Gasteiger partial charge >= 0.3 is 6.03 Å². The third-order valence-corrected chi connectivity index (χ3v) is 6.12. The molecular formula is C26H33ClN4O4. The van der Waals surface area contributed by atoms with E-state index in [1.807, 2.05) is 49.4 Å². The molecule has 2 saturated heterocycles. The van der Waals surface area contributed by atoms with Gasteiger partial charge in [0.15, 0.2) is 0 Å². The highest BCUT2D eigenvalue weighted by Gasteiger charge is 2.33. The molecule has 2 fully saturated rings. The molecule has 2 heterocycles. The van der Waals surface area contributed by atoms with Crippen molar-refractivity contribution in [2.24, 2.45) is 0 Å². The van der Waals surface area contributed by atoms with Crippen LogP contribution in [0.2, 0.25) is 0 Å². The first kappa shape index (κ1) is 26.4. The number of carbonyl (C=O) groups excluding carboxylic acids is 2. The molecule has 2 aliphatic heterocycles. The number of methoxy groups -OCH3 is 1. The van der Waals surface area contributed by atoms with Crippen LogP contribution in [0.15, 0.2) is 54.2 Å². The van der Waals surface area contributed by atoms with Crippen molar-refractivity contribution in [3.8, 4) is 11.5 Å². The number of ether oxygens (including phenoxy) is 2. The third kappa shape index (κ3) is 6.46. The predicted octanol–water partition coefficient (Wildman–Crippen LogP) is 3.62. The first-order valence-electron chi connectivity index (χ1n) is 11.8. The molecule has 0 unspecified atom stereocenters. The fourth-order valence-corrected chi connectivity index (χ4v) is 4.30. The second-order valence-electron chi connectivity index (χ2n) is 8.30. The van der Waals surface area contributed by atoms with Gasteiger partial charge in [0.25, 0.3) is 5.91 Å². The third-order valence-electron chi connectivity index (χ3n) is 6.12. The number of halogens is 1. The summed E-state index contributed by atoms with van der Waals surface area (Å²) in [6.45, 7) is 7.60. The highest BCUT2D eigenvalue weighted by atomic mass is 35.5. The predicted molar refractivity (Wildman–Crippen MR) is 139 cm³/mol. The van der Waals surface area contributed by atoms with E-state index in [0.29, 0.717) is 18.8 Å². The van der Waals surface area contributed by atoms with Crippen molar-refractivity contribution in [1.29, 1.82) is 0 Å². The average molecular weight is 501 g/mol. The molecule has 2 aliphatic rings. The van der Waals surface area contributed by atoms with Crippen LogP contribution >= 0.6 is 12.4 Å². The molecule has 2 aromatic carbocycles. The van der Waals surface area contributed by atoms with Gasteiger partial charge in [-0.1, -0.05) is 24.3 Å². The minimum absolute atomic E-state index is 0. The van der Waals surface area contributed by atoms with Gasteiger partial charge in [0.05, 0.1) is 19.4 Å². The SMILES string of the molecule is CCOc1ccccc1N1CCN(CCCN2C(=O)N/C(=C/c3ccc(OC)cc3)C2=O)CC1.Cl. The van der Waals surface area contributed by atoms with Crippen LogP contribution in [0.5, 0.6) is 11.5 Å². The maximum atomic E-state index is 12.7. The van der Waals surface area contributed by atoms with Gasteiger partial charge in [-0.3, -0.25) is 14.6 Å². The molecule has 0 aliphatic carbocycles. The highest BCUT2D eigenvalue weighted by Crippen LogP contribution is 2.28. The van der Waals surface area contributed by atoms with Crippen molar-refractivity contribution in [3.05, 3.63) is 59.8 Å². The Morgan fingerprint density at radius 3 is 2.37 bits per heavy atom. The summed E-state index contributed by atoms with van der Waals surface area (Å²) in [6, 6.07) is 15.1. The molecule has 0 spiro atoms. The van der Waals surface area contributed by atoms with E-state index in [0.717, 1.165) is 61.9 Å². The molecule has 0 radical (unpaired) electrons. The van der Waals surface area contributed by atoms with Crippen molar-refractivity contribution >= 4 is 36.1 Å². The van der Waals surface area contributed by atoms with E-state index in [4.69, 9.17) is 9.47 Å². The van der Waals surface area contributed by atoms with E-state index >= 15 is 0 Å². The van der Waals surface area contributed by atoms with E-state index < -0.39 is 0 Å². The lowest BCUT2D eigenvalue weighted by atomic mass is 10.2. The Hall–Kier alpha value is -3.23. The fourth-order valence-electron chi connectivity index (χ4n) is 4.30. The van der Waals surface area contributed by atoms with Gasteiger partial charge in [-0.15, -0.1) is 12.4 Å². The van der Waals surface area contributed by atoms with E-state index in [1.54, 1.807) is 13.2 Å². The second-order valence-corrected chi connectivity index (χ2v) is 8.30. The van der Waals surface area contributed by atoms with Gasteiger partial charge in [-0.05, 0) is 55.8 Å². The largest absolute Gasteiger partial charge is 0.497 e. The topological polar surface area (TPSA) is 74.3 Å². The number of nitrogens with zero attached hydrogens (tertiary/aromatic N) is 3. The zero-order valence-corrected chi connectivity index (χ0v) is 21.1. The molecule has 188 valence electrons. The summed E-state index contributed by atoms with van der Waals surface area (Å²) in [6.07, 6.45) is 2.43. The lowest BCUT2D eigenvalue weighted by Crippen LogP contribution is -2.47. The Labute approximate surface area is 212 Å². The maximum Gasteiger partial charge on any atom is 0.329 e. The number of para-hydroxylation sites is 2. The van der Waals surface area contributed by atoms with Crippen molar-refractivity contribution in [2.75, 3.05) is 57.9 Å². The maximum absolute atomic E-state index is 12.7. The Morgan fingerprint density at radius 2 is 1.69 bits per heavy atom. The molecular weight excluding hydrogens is 468 g/mol. The van der Waals surface area contributed by atoms with E-state index in [1.165, 1.54) is 4.90 Å². The number of nitrogens with one attached hydrogen (secondary N) is 1. The standard InChI is InChI=1S/C26H32N4O4.ClH/c1-3-34-24-8-5-4-7-23(24)29-17-15-28(16-18-29)13-6-14-30-25(31)22(27-26(30)32)19-20-9-11-21(33-2)12-10-20;/h4-5,7-12,19H,3,6,13-18H2,1-2H3,(H,27,32);1H/b22-19+;. The van der Waals surface area contributed by atoms with Gasteiger partial charge in [0, 0.05) is 32.7 Å². The average Bonchev–Trinajstić information content (AvgIpc) is 3.13. The fraction of sp³-hybridized carbons (Fsp3) is 0.385. The Kier molecular flexibility index (Phi) is 9.39. The molecule has 0 bridgehead atoms. The minimum Gasteiger partial charge on any atom is -0.497 e. The summed E-state index contributed by atoms with van der Waals surface area (Å²) < 4.78 is 10.9. The normalized spacial score (nSPS) is 17.4. The lowest BCUT2D eigenvalue weighted by Gasteiger charge is -2.36. The molecule has 9 heteroatoms. The Morgan fingerprint density at radius 1 is 0.971 bits per heavy atom. The van der Waals surface area contributed by atoms with Crippen LogP contribution in [0.25, 0.3) is 6.08 Å². The molecule has 0 atom stereocenters. The van der Waals surface area contributed by atoms with Crippen molar-refractivity contribution in [3.63, 3.8) is 0 Å². The number of urea groups is 1. The Balaban J connectivity index is 0.00000342. The van der Waals surface area contributed by atoms with Gasteiger partial charge < -0.3 is 19.7 Å². The summed E-state index contributed by atoms with van der Waals surface area (Å²) in [4.78, 5) is 31.1. The zero-order chi connectivity index (χ0) is 23.9. The number of hydrogen-bond donors (Lipinski definition) is 1. The van der Waals surface area contributed by atoms with Crippen molar-refractivity contribution in [2.45, 2.75) is 13.3 Å². The molecule has 4 rings (SSSR count). The van der Waals surface area contributed by atoms with Crippen LogP contribution in [-0.2, 0) is 4.79 Å². The highest BCUT2D eigenvalue weighted by molar-refractivity contribution is 6.13. The number of hydrogen-bond acceptors (Lipinski definition) is 6. The lowest BCUT2D eigenvalue weighted by molar-refractivity contribution is -0.122. The van der Waals surface area contributed by atoms with E-state index in [2.05, 4.69) is 21.2 Å². The molecule has 0 saturated carbocycles. The van der Waals surface area contributed by atoms with Gasteiger partial charge in [-0.25, -0.2) is 4.79 Å². The Bertz CT molecular complexity index is 1040. The monoisotopic (exact) mass is 500 g/mol. The number of carbonyl (C=O) groups is 2. The molecule has 35 heavy (non-hydrogen) atoms. The molecule has 2 aromatic rings. The quantitative estimate of drug-likeness (QED) is 0.419. The molecule has 1 N–H and O–H groups in total. The van der Waals surface area contributed by atoms with Crippen LogP contribution in [-0.4, -0.2) is 74.7 Å². The van der Waals surface area contributed by atoms with Crippen LogP contribution in [0.4, 0.5) is 10.5 Å². The summed E-state index contributed by atoms with van der Waals surface area (Å²) in [7, 11) is 1.60. The van der Waals surface area contributed by atoms with Gasteiger partial charge in [0.1, 0.15) is 17.2 Å². The van der Waals surface area contributed by atoms with Crippen LogP contribution in [0, 0.1) is 0 Å². The first-order chi connectivity index (χ1) is 16.6. The van der Waals surface area contributed by atoms with Crippen molar-refractivity contribution in [1.82, 2.24) is 15.1 Å². The minimum atomic E-state index is -0.359. The summed E-state index contributed by atoms with van der Waals surface area (Å²) in [5, 5.41) is 2.69. The van der Waals surface area contributed by atoms with Crippen molar-refractivity contribution < 1.29 is 19.1 Å². The summed E-state index contributed by atoms with van der Waals surface area (Å²) in [5.41, 5.74) is 2.27. The van der Waals surface area contributed by atoms with Crippen LogP contribution < -0.4 is 19.7 Å². The first-order valence-corrected chi connectivity index (χ1v) is 11.8. The summed E-state index contributed by atoms with van der Waals surface area (Å²) in [5.74, 6) is 1.39. The smallest absolute Gasteiger partial charge is 0.329 e. The number of rotatable bonds is 9.